The smallest absolute Gasteiger partial charge is 0.160 e. The SMILES string of the molecule is NCc1cc(F)c(F)cc1-n1cccc1. The molecule has 0 fully saturated rings. The van der Waals surface area contributed by atoms with Crippen LogP contribution in [0.4, 0.5) is 8.78 Å². The van der Waals surface area contributed by atoms with E-state index in [0.717, 1.165) is 12.1 Å². The van der Waals surface area contributed by atoms with Gasteiger partial charge in [-0.25, -0.2) is 8.78 Å². The Morgan fingerprint density at radius 3 is 2.27 bits per heavy atom. The molecule has 1 aromatic carbocycles. The van der Waals surface area contributed by atoms with Crippen molar-refractivity contribution in [2.75, 3.05) is 0 Å². The van der Waals surface area contributed by atoms with Crippen molar-refractivity contribution in [1.82, 2.24) is 4.57 Å². The lowest BCUT2D eigenvalue weighted by Gasteiger charge is -2.09. The van der Waals surface area contributed by atoms with Crippen molar-refractivity contribution in [3.63, 3.8) is 0 Å². The number of nitrogens with two attached hydrogens (primary N) is 1. The average molecular weight is 208 g/mol. The van der Waals surface area contributed by atoms with E-state index in [1.54, 1.807) is 17.0 Å². The lowest BCUT2D eigenvalue weighted by atomic mass is 10.1. The molecule has 78 valence electrons. The molecule has 0 radical (unpaired) electrons. The molecule has 1 aromatic heterocycles. The Balaban J connectivity index is 2.60. The first-order valence-corrected chi connectivity index (χ1v) is 4.53. The Bertz CT molecular complexity index is 464. The quantitative estimate of drug-likeness (QED) is 0.806. The molecule has 4 heteroatoms. The van der Waals surface area contributed by atoms with E-state index in [4.69, 9.17) is 5.73 Å². The van der Waals surface area contributed by atoms with Crippen molar-refractivity contribution >= 4 is 0 Å². The Kier molecular flexibility index (Phi) is 2.51. The maximum Gasteiger partial charge on any atom is 0.160 e. The lowest BCUT2D eigenvalue weighted by Crippen LogP contribution is -2.05. The van der Waals surface area contributed by atoms with Gasteiger partial charge in [0.25, 0.3) is 0 Å². The number of aromatic nitrogens is 1. The van der Waals surface area contributed by atoms with Crippen molar-refractivity contribution in [1.29, 1.82) is 0 Å². The molecule has 2 N–H and O–H groups in total. The van der Waals surface area contributed by atoms with Crippen LogP contribution >= 0.6 is 0 Å². The molecule has 15 heavy (non-hydrogen) atoms. The second-order valence-electron chi connectivity index (χ2n) is 3.19. The molecule has 0 amide bonds. The second kappa shape index (κ2) is 3.82. The molecular weight excluding hydrogens is 198 g/mol. The number of rotatable bonds is 2. The molecule has 0 aliphatic heterocycles. The van der Waals surface area contributed by atoms with Gasteiger partial charge in [0, 0.05) is 25.0 Å². The molecule has 2 aromatic rings. The first-order chi connectivity index (χ1) is 7.22. The Hall–Kier alpha value is -1.68. The van der Waals surface area contributed by atoms with E-state index >= 15 is 0 Å². The van der Waals surface area contributed by atoms with Crippen molar-refractivity contribution < 1.29 is 8.78 Å². The van der Waals surface area contributed by atoms with E-state index in [2.05, 4.69) is 0 Å². The molecule has 0 spiro atoms. The summed E-state index contributed by atoms with van der Waals surface area (Å²) in [6.07, 6.45) is 3.51. The van der Waals surface area contributed by atoms with E-state index in [1.165, 1.54) is 0 Å². The van der Waals surface area contributed by atoms with Gasteiger partial charge in [-0.15, -0.1) is 0 Å². The van der Waals surface area contributed by atoms with Crippen LogP contribution in [0.3, 0.4) is 0 Å². The Morgan fingerprint density at radius 1 is 1.07 bits per heavy atom. The standard InChI is InChI=1S/C11H10F2N2/c12-9-5-8(7-14)11(6-10(9)13)15-3-1-2-4-15/h1-6H,7,14H2. The molecule has 0 bridgehead atoms. The summed E-state index contributed by atoms with van der Waals surface area (Å²) < 4.78 is 27.7. The Labute approximate surface area is 85.9 Å². The number of hydrogen-bond donors (Lipinski definition) is 1. The second-order valence-corrected chi connectivity index (χ2v) is 3.19. The van der Waals surface area contributed by atoms with Crippen LogP contribution in [0, 0.1) is 11.6 Å². The van der Waals surface area contributed by atoms with E-state index in [9.17, 15) is 8.78 Å². The maximum absolute atomic E-state index is 13.1. The van der Waals surface area contributed by atoms with E-state index in [-0.39, 0.29) is 6.54 Å². The van der Waals surface area contributed by atoms with Gasteiger partial charge in [0.05, 0.1) is 5.69 Å². The van der Waals surface area contributed by atoms with Crippen LogP contribution in [0.2, 0.25) is 0 Å². The molecular formula is C11H10F2N2. The molecule has 0 atom stereocenters. The van der Waals surface area contributed by atoms with Gasteiger partial charge in [-0.3, -0.25) is 0 Å². The zero-order valence-corrected chi connectivity index (χ0v) is 7.95. The summed E-state index contributed by atoms with van der Waals surface area (Å²) in [7, 11) is 0. The van der Waals surface area contributed by atoms with Crippen molar-refractivity contribution in [2.24, 2.45) is 5.73 Å². The van der Waals surface area contributed by atoms with Gasteiger partial charge in [-0.1, -0.05) is 0 Å². The fraction of sp³-hybridized carbons (Fsp3) is 0.0909. The molecule has 1 heterocycles. The van der Waals surface area contributed by atoms with Crippen LogP contribution in [0.1, 0.15) is 5.56 Å². The zero-order chi connectivity index (χ0) is 10.8. The summed E-state index contributed by atoms with van der Waals surface area (Å²) >= 11 is 0. The summed E-state index contributed by atoms with van der Waals surface area (Å²) in [6, 6.07) is 5.89. The molecule has 0 saturated heterocycles. The predicted octanol–water partition coefficient (Wildman–Crippen LogP) is 2.21. The largest absolute Gasteiger partial charge is 0.326 e. The first-order valence-electron chi connectivity index (χ1n) is 4.53. The lowest BCUT2D eigenvalue weighted by molar-refractivity contribution is 0.506. The van der Waals surface area contributed by atoms with Crippen LogP contribution in [0.25, 0.3) is 5.69 Å². The molecule has 0 unspecified atom stereocenters. The van der Waals surface area contributed by atoms with Crippen LogP contribution in [-0.4, -0.2) is 4.57 Å². The zero-order valence-electron chi connectivity index (χ0n) is 7.95. The highest BCUT2D eigenvalue weighted by Crippen LogP contribution is 2.18. The summed E-state index contributed by atoms with van der Waals surface area (Å²) in [5, 5.41) is 0. The molecule has 0 aliphatic carbocycles. The maximum atomic E-state index is 13.1. The van der Waals surface area contributed by atoms with E-state index < -0.39 is 11.6 Å². The fourth-order valence-corrected chi connectivity index (χ4v) is 1.48. The van der Waals surface area contributed by atoms with Gasteiger partial charge in [0.1, 0.15) is 0 Å². The third kappa shape index (κ3) is 1.76. The minimum absolute atomic E-state index is 0.171. The van der Waals surface area contributed by atoms with Crippen LogP contribution in [0.5, 0.6) is 0 Å². The van der Waals surface area contributed by atoms with Crippen molar-refractivity contribution in [2.45, 2.75) is 6.54 Å². The van der Waals surface area contributed by atoms with E-state index in [0.29, 0.717) is 11.3 Å². The third-order valence-corrected chi connectivity index (χ3v) is 2.22. The minimum Gasteiger partial charge on any atom is -0.326 e. The van der Waals surface area contributed by atoms with Crippen LogP contribution < -0.4 is 5.73 Å². The normalized spacial score (nSPS) is 10.6. The summed E-state index contributed by atoms with van der Waals surface area (Å²) in [5.74, 6) is -1.73. The highest BCUT2D eigenvalue weighted by atomic mass is 19.2. The third-order valence-electron chi connectivity index (χ3n) is 2.22. The highest BCUT2D eigenvalue weighted by Gasteiger charge is 2.09. The van der Waals surface area contributed by atoms with Gasteiger partial charge >= 0.3 is 0 Å². The predicted molar refractivity (Wildman–Crippen MR) is 53.6 cm³/mol. The monoisotopic (exact) mass is 208 g/mol. The number of hydrogen-bond acceptors (Lipinski definition) is 1. The van der Waals surface area contributed by atoms with Gasteiger partial charge < -0.3 is 10.3 Å². The summed E-state index contributed by atoms with van der Waals surface area (Å²) in [4.78, 5) is 0. The number of benzene rings is 1. The van der Waals surface area contributed by atoms with Gasteiger partial charge in [-0.05, 0) is 23.8 Å². The van der Waals surface area contributed by atoms with Crippen LogP contribution in [-0.2, 0) is 6.54 Å². The topological polar surface area (TPSA) is 30.9 Å². The minimum atomic E-state index is -0.869. The number of nitrogens with zero attached hydrogens (tertiary/aromatic N) is 1. The molecule has 2 rings (SSSR count). The molecule has 0 aliphatic rings. The van der Waals surface area contributed by atoms with Gasteiger partial charge in [0.15, 0.2) is 11.6 Å². The Morgan fingerprint density at radius 2 is 1.67 bits per heavy atom. The van der Waals surface area contributed by atoms with Crippen molar-refractivity contribution in [3.05, 3.63) is 53.9 Å². The van der Waals surface area contributed by atoms with Crippen molar-refractivity contribution in [3.8, 4) is 5.69 Å². The summed E-state index contributed by atoms with van der Waals surface area (Å²) in [6.45, 7) is 0.171. The van der Waals surface area contributed by atoms with Crippen LogP contribution in [0.15, 0.2) is 36.7 Å². The average Bonchev–Trinajstić information content (AvgIpc) is 2.74. The highest BCUT2D eigenvalue weighted by molar-refractivity contribution is 5.42. The van der Waals surface area contributed by atoms with Gasteiger partial charge in [-0.2, -0.15) is 0 Å². The first kappa shape index (κ1) is 9.86. The molecule has 0 saturated carbocycles. The van der Waals surface area contributed by atoms with E-state index in [1.807, 2.05) is 12.1 Å². The summed E-state index contributed by atoms with van der Waals surface area (Å²) in [5.41, 5.74) is 6.62. The number of halogens is 2. The fourth-order valence-electron chi connectivity index (χ4n) is 1.48. The molecule has 2 nitrogen and oxygen atoms in total. The van der Waals surface area contributed by atoms with Gasteiger partial charge in [0.2, 0.25) is 0 Å².